The van der Waals surface area contributed by atoms with Crippen LogP contribution in [-0.2, 0) is 0 Å². The summed E-state index contributed by atoms with van der Waals surface area (Å²) in [4.78, 5) is 28.6. The van der Waals surface area contributed by atoms with E-state index in [0.717, 1.165) is 13.1 Å². The Morgan fingerprint density at radius 3 is 2.52 bits per heavy atom. The van der Waals surface area contributed by atoms with Gasteiger partial charge in [0.05, 0.1) is 16.6 Å². The Labute approximate surface area is 155 Å². The maximum Gasteiger partial charge on any atom is 0.272 e. The molecule has 1 aliphatic rings. The van der Waals surface area contributed by atoms with Crippen molar-refractivity contribution in [3.8, 4) is 11.3 Å². The van der Waals surface area contributed by atoms with Gasteiger partial charge in [-0.1, -0.05) is 18.2 Å². The number of aromatic nitrogens is 2. The SMILES string of the molecule is CN1CCN(C(=O)c2cc(-c3n[nH]c(=O)c4ccccc34)ccc2F)CC1. The average molecular weight is 366 g/mol. The third-order valence-electron chi connectivity index (χ3n) is 4.96. The maximum absolute atomic E-state index is 14.4. The monoisotopic (exact) mass is 366 g/mol. The predicted molar refractivity (Wildman–Crippen MR) is 101 cm³/mol. The number of nitrogens with one attached hydrogen (secondary N) is 1. The van der Waals surface area contributed by atoms with E-state index in [-0.39, 0.29) is 17.0 Å². The highest BCUT2D eigenvalue weighted by Crippen LogP contribution is 2.26. The number of hydrogen-bond donors (Lipinski definition) is 1. The van der Waals surface area contributed by atoms with E-state index in [0.29, 0.717) is 35.1 Å². The van der Waals surface area contributed by atoms with Gasteiger partial charge in [-0.2, -0.15) is 5.10 Å². The fraction of sp³-hybridized carbons (Fsp3) is 0.250. The molecule has 4 rings (SSSR count). The van der Waals surface area contributed by atoms with Crippen molar-refractivity contribution in [1.29, 1.82) is 0 Å². The molecule has 0 unspecified atom stereocenters. The van der Waals surface area contributed by atoms with Crippen LogP contribution in [0.4, 0.5) is 4.39 Å². The number of carbonyl (C=O) groups excluding carboxylic acids is 1. The molecule has 27 heavy (non-hydrogen) atoms. The molecule has 1 N–H and O–H groups in total. The van der Waals surface area contributed by atoms with Crippen molar-refractivity contribution in [2.45, 2.75) is 0 Å². The molecule has 2 heterocycles. The number of nitrogens with zero attached hydrogens (tertiary/aromatic N) is 3. The van der Waals surface area contributed by atoms with Gasteiger partial charge in [0.15, 0.2) is 0 Å². The van der Waals surface area contributed by atoms with E-state index in [4.69, 9.17) is 0 Å². The highest BCUT2D eigenvalue weighted by molar-refractivity contribution is 5.98. The summed E-state index contributed by atoms with van der Waals surface area (Å²) in [7, 11) is 2.00. The lowest BCUT2D eigenvalue weighted by atomic mass is 10.0. The van der Waals surface area contributed by atoms with Crippen LogP contribution in [0, 0.1) is 5.82 Å². The number of rotatable bonds is 2. The number of piperazine rings is 1. The first-order chi connectivity index (χ1) is 13.0. The highest BCUT2D eigenvalue weighted by Gasteiger charge is 2.23. The van der Waals surface area contributed by atoms with E-state index >= 15 is 0 Å². The van der Waals surface area contributed by atoms with Crippen LogP contribution in [0.2, 0.25) is 0 Å². The molecule has 7 heteroatoms. The van der Waals surface area contributed by atoms with Gasteiger partial charge in [0.1, 0.15) is 5.82 Å². The molecule has 0 radical (unpaired) electrons. The summed E-state index contributed by atoms with van der Waals surface area (Å²) in [5, 5.41) is 7.77. The van der Waals surface area contributed by atoms with Crippen LogP contribution in [0.15, 0.2) is 47.3 Å². The third kappa shape index (κ3) is 3.21. The number of hydrogen-bond acceptors (Lipinski definition) is 4. The van der Waals surface area contributed by atoms with Crippen molar-refractivity contribution in [3.05, 3.63) is 64.2 Å². The van der Waals surface area contributed by atoms with Crippen LogP contribution >= 0.6 is 0 Å². The molecule has 1 aliphatic heterocycles. The number of likely N-dealkylation sites (N-methyl/N-ethyl adjacent to an activating group) is 1. The fourth-order valence-electron chi connectivity index (χ4n) is 3.35. The van der Waals surface area contributed by atoms with E-state index in [1.165, 1.54) is 12.1 Å². The molecule has 0 spiro atoms. The van der Waals surface area contributed by atoms with Crippen LogP contribution in [0.1, 0.15) is 10.4 Å². The zero-order chi connectivity index (χ0) is 19.0. The Morgan fingerprint density at radius 1 is 1.07 bits per heavy atom. The van der Waals surface area contributed by atoms with Crippen LogP contribution < -0.4 is 5.56 Å². The Morgan fingerprint density at radius 2 is 1.78 bits per heavy atom. The number of benzene rings is 2. The lowest BCUT2D eigenvalue weighted by Crippen LogP contribution is -2.47. The molecule has 1 fully saturated rings. The lowest BCUT2D eigenvalue weighted by Gasteiger charge is -2.32. The van der Waals surface area contributed by atoms with Gasteiger partial charge in [0.25, 0.3) is 11.5 Å². The van der Waals surface area contributed by atoms with E-state index in [1.807, 2.05) is 13.1 Å². The summed E-state index contributed by atoms with van der Waals surface area (Å²) in [6.45, 7) is 2.66. The largest absolute Gasteiger partial charge is 0.336 e. The number of aromatic amines is 1. The molecular weight excluding hydrogens is 347 g/mol. The number of fused-ring (bicyclic) bond motifs is 1. The number of carbonyl (C=O) groups is 1. The van der Waals surface area contributed by atoms with Gasteiger partial charge in [-0.25, -0.2) is 9.49 Å². The normalized spacial score (nSPS) is 15.3. The predicted octanol–water partition coefficient (Wildman–Crippen LogP) is 2.12. The number of H-pyrrole nitrogens is 1. The van der Waals surface area contributed by atoms with Gasteiger partial charge in [-0.15, -0.1) is 0 Å². The third-order valence-corrected chi connectivity index (χ3v) is 4.96. The van der Waals surface area contributed by atoms with Gasteiger partial charge >= 0.3 is 0 Å². The fourth-order valence-corrected chi connectivity index (χ4v) is 3.35. The van der Waals surface area contributed by atoms with Crippen LogP contribution in [0.3, 0.4) is 0 Å². The Hall–Kier alpha value is -3.06. The topological polar surface area (TPSA) is 69.3 Å². The number of halogens is 1. The van der Waals surface area contributed by atoms with Gasteiger partial charge in [-0.3, -0.25) is 9.59 Å². The summed E-state index contributed by atoms with van der Waals surface area (Å²) in [5.74, 6) is -0.882. The van der Waals surface area contributed by atoms with Gasteiger partial charge in [-0.05, 0) is 31.3 Å². The summed E-state index contributed by atoms with van der Waals surface area (Å²) in [6.07, 6.45) is 0. The van der Waals surface area contributed by atoms with Crippen LogP contribution in [0.25, 0.3) is 22.0 Å². The molecule has 0 saturated carbocycles. The van der Waals surface area contributed by atoms with Crippen LogP contribution in [-0.4, -0.2) is 59.1 Å². The Kier molecular flexibility index (Phi) is 4.45. The molecule has 0 bridgehead atoms. The summed E-state index contributed by atoms with van der Waals surface area (Å²) >= 11 is 0. The van der Waals surface area contributed by atoms with E-state index in [1.54, 1.807) is 29.2 Å². The second-order valence-electron chi connectivity index (χ2n) is 6.74. The zero-order valence-electron chi connectivity index (χ0n) is 14.9. The first-order valence-electron chi connectivity index (χ1n) is 8.80. The molecule has 0 atom stereocenters. The minimum atomic E-state index is -0.559. The molecule has 1 saturated heterocycles. The zero-order valence-corrected chi connectivity index (χ0v) is 14.9. The molecule has 138 valence electrons. The second-order valence-corrected chi connectivity index (χ2v) is 6.74. The Bertz CT molecular complexity index is 1070. The first-order valence-corrected chi connectivity index (χ1v) is 8.80. The van der Waals surface area contributed by atoms with Crippen molar-refractivity contribution in [2.24, 2.45) is 0 Å². The first kappa shape index (κ1) is 17.4. The summed E-state index contributed by atoms with van der Waals surface area (Å²) in [6, 6.07) is 11.4. The van der Waals surface area contributed by atoms with Crippen molar-refractivity contribution in [3.63, 3.8) is 0 Å². The molecule has 6 nitrogen and oxygen atoms in total. The van der Waals surface area contributed by atoms with Gasteiger partial charge < -0.3 is 9.80 Å². The lowest BCUT2D eigenvalue weighted by molar-refractivity contribution is 0.0659. The van der Waals surface area contributed by atoms with Crippen LogP contribution in [0.5, 0.6) is 0 Å². The van der Waals surface area contributed by atoms with Gasteiger partial charge in [0, 0.05) is 37.1 Å². The highest BCUT2D eigenvalue weighted by atomic mass is 19.1. The molecule has 1 aromatic heterocycles. The molecule has 1 amide bonds. The van der Waals surface area contributed by atoms with E-state index in [2.05, 4.69) is 15.1 Å². The van der Waals surface area contributed by atoms with E-state index in [9.17, 15) is 14.0 Å². The van der Waals surface area contributed by atoms with Crippen molar-refractivity contribution in [2.75, 3.05) is 33.2 Å². The number of amides is 1. The minimum absolute atomic E-state index is 0.0223. The van der Waals surface area contributed by atoms with E-state index < -0.39 is 5.82 Å². The van der Waals surface area contributed by atoms with Crippen molar-refractivity contribution < 1.29 is 9.18 Å². The quantitative estimate of drug-likeness (QED) is 0.754. The molecule has 0 aliphatic carbocycles. The Balaban J connectivity index is 1.76. The summed E-state index contributed by atoms with van der Waals surface area (Å²) < 4.78 is 14.4. The molecule has 2 aromatic carbocycles. The average Bonchev–Trinajstić information content (AvgIpc) is 2.69. The molecule has 3 aromatic rings. The standard InChI is InChI=1S/C20H19FN4O2/c1-24-8-10-25(11-9-24)20(27)16-12-13(6-7-17(16)21)18-14-4-2-3-5-15(14)19(26)23-22-18/h2-7,12H,8-11H2,1H3,(H,23,26). The summed E-state index contributed by atoms with van der Waals surface area (Å²) in [5.41, 5.74) is 0.832. The van der Waals surface area contributed by atoms with Crippen molar-refractivity contribution in [1.82, 2.24) is 20.0 Å². The van der Waals surface area contributed by atoms with Crippen molar-refractivity contribution >= 4 is 16.7 Å². The second kappa shape index (κ2) is 6.92. The smallest absolute Gasteiger partial charge is 0.272 e. The minimum Gasteiger partial charge on any atom is -0.336 e. The molecular formula is C20H19FN4O2. The maximum atomic E-state index is 14.4. The van der Waals surface area contributed by atoms with Gasteiger partial charge in [0.2, 0.25) is 0 Å².